The summed E-state index contributed by atoms with van der Waals surface area (Å²) in [6, 6.07) is 0. The van der Waals surface area contributed by atoms with Crippen LogP contribution in [0.25, 0.3) is 0 Å². The molecule has 1 N–H and O–H groups in total. The Bertz CT molecular complexity index is 517. The van der Waals surface area contributed by atoms with Gasteiger partial charge >= 0.3 is 5.97 Å². The van der Waals surface area contributed by atoms with Crippen LogP contribution < -0.4 is 0 Å². The van der Waals surface area contributed by atoms with E-state index in [0.29, 0.717) is 19.5 Å². The van der Waals surface area contributed by atoms with E-state index in [4.69, 9.17) is 0 Å². The molecule has 2 aliphatic heterocycles. The molecule has 2 atom stereocenters. The predicted octanol–water partition coefficient (Wildman–Crippen LogP) is 1.35. The number of carbonyl (C=O) groups is 3. The van der Waals surface area contributed by atoms with Crippen molar-refractivity contribution in [2.45, 2.75) is 45.4 Å². The van der Waals surface area contributed by atoms with Gasteiger partial charge in [0.25, 0.3) is 0 Å². The molecule has 1 aliphatic carbocycles. The molecule has 2 unspecified atom stereocenters. The maximum atomic E-state index is 12.8. The largest absolute Gasteiger partial charge is 0.481 e. The molecule has 0 bridgehead atoms. The third-order valence-electron chi connectivity index (χ3n) is 5.53. The van der Waals surface area contributed by atoms with E-state index >= 15 is 0 Å². The second-order valence-corrected chi connectivity index (χ2v) is 7.63. The molecule has 128 valence electrons. The Hall–Kier alpha value is -1.59. The molecule has 23 heavy (non-hydrogen) atoms. The number of piperidine rings is 2. The SMILES string of the molecule is CC1(C(=O)O)CCCN(C(=O)C2CCCN(C(=O)C3CC3)C2)C1. The molecule has 2 heterocycles. The van der Waals surface area contributed by atoms with Crippen molar-refractivity contribution >= 4 is 17.8 Å². The molecule has 3 aliphatic rings. The van der Waals surface area contributed by atoms with Crippen LogP contribution in [0, 0.1) is 17.3 Å². The highest BCUT2D eigenvalue weighted by molar-refractivity contribution is 5.84. The van der Waals surface area contributed by atoms with Gasteiger partial charge in [-0.25, -0.2) is 0 Å². The van der Waals surface area contributed by atoms with Crippen molar-refractivity contribution in [2.75, 3.05) is 26.2 Å². The summed E-state index contributed by atoms with van der Waals surface area (Å²) in [5, 5.41) is 9.40. The van der Waals surface area contributed by atoms with Crippen molar-refractivity contribution in [2.24, 2.45) is 17.3 Å². The van der Waals surface area contributed by atoms with Crippen LogP contribution in [-0.4, -0.2) is 58.9 Å². The molecular formula is C17H26N2O4. The summed E-state index contributed by atoms with van der Waals surface area (Å²) in [6.07, 6.45) is 4.97. The van der Waals surface area contributed by atoms with Crippen LogP contribution >= 0.6 is 0 Å². The fraction of sp³-hybridized carbons (Fsp3) is 0.824. The van der Waals surface area contributed by atoms with Crippen LogP contribution in [0.1, 0.15) is 45.4 Å². The Balaban J connectivity index is 1.62. The number of carboxylic acid groups (broad SMARTS) is 1. The van der Waals surface area contributed by atoms with Gasteiger partial charge in [-0.05, 0) is 45.4 Å². The van der Waals surface area contributed by atoms with Gasteiger partial charge in [0.15, 0.2) is 0 Å². The Morgan fingerprint density at radius 3 is 2.26 bits per heavy atom. The number of likely N-dealkylation sites (tertiary alicyclic amines) is 2. The maximum absolute atomic E-state index is 12.8. The highest BCUT2D eigenvalue weighted by Crippen LogP contribution is 2.34. The van der Waals surface area contributed by atoms with E-state index in [0.717, 1.165) is 38.6 Å². The van der Waals surface area contributed by atoms with Crippen molar-refractivity contribution in [3.63, 3.8) is 0 Å². The van der Waals surface area contributed by atoms with Crippen molar-refractivity contribution in [3.8, 4) is 0 Å². The molecule has 0 radical (unpaired) electrons. The van der Waals surface area contributed by atoms with E-state index in [9.17, 15) is 19.5 Å². The summed E-state index contributed by atoms with van der Waals surface area (Å²) in [4.78, 5) is 40.1. The van der Waals surface area contributed by atoms with Gasteiger partial charge in [-0.3, -0.25) is 14.4 Å². The lowest BCUT2D eigenvalue weighted by Crippen LogP contribution is -2.52. The van der Waals surface area contributed by atoms with E-state index in [-0.39, 0.29) is 30.2 Å². The topological polar surface area (TPSA) is 77.9 Å². The molecule has 2 saturated heterocycles. The molecule has 0 aromatic rings. The first-order chi connectivity index (χ1) is 10.9. The van der Waals surface area contributed by atoms with Crippen LogP contribution in [0.15, 0.2) is 0 Å². The molecule has 0 spiro atoms. The number of carboxylic acids is 1. The summed E-state index contributed by atoms with van der Waals surface area (Å²) in [5.74, 6) is -0.567. The van der Waals surface area contributed by atoms with Crippen LogP contribution in [0.4, 0.5) is 0 Å². The Morgan fingerprint density at radius 1 is 0.957 bits per heavy atom. The highest BCUT2D eigenvalue weighted by atomic mass is 16.4. The predicted molar refractivity (Wildman–Crippen MR) is 83.6 cm³/mol. The van der Waals surface area contributed by atoms with E-state index in [1.807, 2.05) is 4.90 Å². The van der Waals surface area contributed by atoms with Crippen molar-refractivity contribution in [1.82, 2.24) is 9.80 Å². The molecule has 6 heteroatoms. The fourth-order valence-corrected chi connectivity index (χ4v) is 3.83. The Kier molecular flexibility index (Phi) is 4.34. The first-order valence-electron chi connectivity index (χ1n) is 8.72. The van der Waals surface area contributed by atoms with E-state index in [1.165, 1.54) is 0 Å². The molecule has 3 rings (SSSR count). The number of rotatable bonds is 3. The van der Waals surface area contributed by atoms with Gasteiger partial charge in [0, 0.05) is 32.1 Å². The highest BCUT2D eigenvalue weighted by Gasteiger charge is 2.42. The second kappa shape index (κ2) is 6.13. The molecule has 1 saturated carbocycles. The standard InChI is InChI=1S/C17H26N2O4/c1-17(16(22)23)7-3-9-19(11-17)15(21)13-4-2-8-18(10-13)14(20)12-5-6-12/h12-13H,2-11H2,1H3,(H,22,23). The molecule has 3 fully saturated rings. The molecular weight excluding hydrogens is 296 g/mol. The minimum Gasteiger partial charge on any atom is -0.481 e. The number of aliphatic carboxylic acids is 1. The molecule has 6 nitrogen and oxygen atoms in total. The zero-order valence-corrected chi connectivity index (χ0v) is 13.8. The average Bonchev–Trinajstić information content (AvgIpc) is 3.38. The van der Waals surface area contributed by atoms with Gasteiger partial charge < -0.3 is 14.9 Å². The second-order valence-electron chi connectivity index (χ2n) is 7.63. The average molecular weight is 322 g/mol. The number of carbonyl (C=O) groups excluding carboxylic acids is 2. The van der Waals surface area contributed by atoms with E-state index in [1.54, 1.807) is 11.8 Å². The van der Waals surface area contributed by atoms with Crippen LogP contribution in [0.2, 0.25) is 0 Å². The lowest BCUT2D eigenvalue weighted by molar-refractivity contribution is -0.155. The maximum Gasteiger partial charge on any atom is 0.311 e. The Labute approximate surface area is 136 Å². The van der Waals surface area contributed by atoms with Crippen molar-refractivity contribution in [1.29, 1.82) is 0 Å². The van der Waals surface area contributed by atoms with Gasteiger partial charge in [0.1, 0.15) is 0 Å². The van der Waals surface area contributed by atoms with Crippen LogP contribution in [-0.2, 0) is 14.4 Å². The van der Waals surface area contributed by atoms with Gasteiger partial charge in [0.2, 0.25) is 11.8 Å². The lowest BCUT2D eigenvalue weighted by atomic mass is 9.81. The minimum absolute atomic E-state index is 0.0328. The van der Waals surface area contributed by atoms with Gasteiger partial charge in [-0.15, -0.1) is 0 Å². The lowest BCUT2D eigenvalue weighted by Gasteiger charge is -2.41. The third kappa shape index (κ3) is 3.35. The van der Waals surface area contributed by atoms with Crippen LogP contribution in [0.3, 0.4) is 0 Å². The number of nitrogens with zero attached hydrogens (tertiary/aromatic N) is 2. The van der Waals surface area contributed by atoms with Crippen molar-refractivity contribution in [3.05, 3.63) is 0 Å². The summed E-state index contributed by atoms with van der Waals surface area (Å²) in [5.41, 5.74) is -0.841. The molecule has 2 amide bonds. The number of amides is 2. The number of hydrogen-bond donors (Lipinski definition) is 1. The third-order valence-corrected chi connectivity index (χ3v) is 5.53. The minimum atomic E-state index is -0.841. The zero-order chi connectivity index (χ0) is 16.6. The first kappa shape index (κ1) is 16.3. The summed E-state index contributed by atoms with van der Waals surface area (Å²) in [7, 11) is 0. The van der Waals surface area contributed by atoms with Gasteiger partial charge in [-0.2, -0.15) is 0 Å². The first-order valence-corrected chi connectivity index (χ1v) is 8.72. The van der Waals surface area contributed by atoms with Crippen molar-refractivity contribution < 1.29 is 19.5 Å². The fourth-order valence-electron chi connectivity index (χ4n) is 3.83. The van der Waals surface area contributed by atoms with Crippen LogP contribution in [0.5, 0.6) is 0 Å². The summed E-state index contributed by atoms with van der Waals surface area (Å²) >= 11 is 0. The molecule has 0 aromatic carbocycles. The number of hydrogen-bond acceptors (Lipinski definition) is 3. The quantitative estimate of drug-likeness (QED) is 0.851. The van der Waals surface area contributed by atoms with E-state index < -0.39 is 11.4 Å². The smallest absolute Gasteiger partial charge is 0.311 e. The summed E-state index contributed by atoms with van der Waals surface area (Å²) in [6.45, 7) is 3.90. The zero-order valence-electron chi connectivity index (χ0n) is 13.8. The normalized spacial score (nSPS) is 31.8. The molecule has 0 aromatic heterocycles. The Morgan fingerprint density at radius 2 is 1.61 bits per heavy atom. The van der Waals surface area contributed by atoms with Gasteiger partial charge in [0.05, 0.1) is 11.3 Å². The van der Waals surface area contributed by atoms with E-state index in [2.05, 4.69) is 0 Å². The van der Waals surface area contributed by atoms with Gasteiger partial charge in [-0.1, -0.05) is 0 Å². The summed E-state index contributed by atoms with van der Waals surface area (Å²) < 4.78 is 0. The monoisotopic (exact) mass is 322 g/mol.